The quantitative estimate of drug-likeness (QED) is 0.879. The maximum absolute atomic E-state index is 13.2. The van der Waals surface area contributed by atoms with Crippen LogP contribution in [0.15, 0.2) is 30.6 Å². The molecule has 5 heteroatoms. The lowest BCUT2D eigenvalue weighted by atomic mass is 10.2. The van der Waals surface area contributed by atoms with Gasteiger partial charge in [-0.15, -0.1) is 0 Å². The normalized spacial score (nSPS) is 15.6. The number of rotatable bonds is 2. The molecule has 94 valence electrons. The minimum absolute atomic E-state index is 0.298. The summed E-state index contributed by atoms with van der Waals surface area (Å²) >= 11 is 0. The van der Waals surface area contributed by atoms with Crippen LogP contribution in [0, 0.1) is 5.82 Å². The maximum atomic E-state index is 13.2. The Kier molecular flexibility index (Phi) is 2.76. The van der Waals surface area contributed by atoms with Gasteiger partial charge in [-0.3, -0.25) is 4.90 Å². The molecule has 18 heavy (non-hydrogen) atoms. The standard InChI is InChI=1S/C13H14FN3O/c14-11-7-10(1-2-12(11)18)8-16-5-6-17-4-3-15-13(17)9-16/h1-4,7,18H,5-6,8-9H2. The number of hydrogen-bond donors (Lipinski definition) is 1. The molecule has 3 rings (SSSR count). The molecule has 1 aliphatic heterocycles. The number of halogens is 1. The van der Waals surface area contributed by atoms with Crippen molar-refractivity contribution in [2.75, 3.05) is 6.54 Å². The lowest BCUT2D eigenvalue weighted by Gasteiger charge is -2.27. The molecular formula is C13H14FN3O. The second-order valence-corrected chi connectivity index (χ2v) is 4.53. The summed E-state index contributed by atoms with van der Waals surface area (Å²) < 4.78 is 15.4. The third-order valence-corrected chi connectivity index (χ3v) is 3.24. The fourth-order valence-corrected chi connectivity index (χ4v) is 2.27. The largest absolute Gasteiger partial charge is 0.505 e. The molecule has 1 aromatic heterocycles. The van der Waals surface area contributed by atoms with E-state index in [1.165, 1.54) is 12.1 Å². The van der Waals surface area contributed by atoms with Gasteiger partial charge in [0.05, 0.1) is 6.54 Å². The first-order valence-electron chi connectivity index (χ1n) is 5.92. The number of nitrogens with zero attached hydrogens (tertiary/aromatic N) is 3. The van der Waals surface area contributed by atoms with Gasteiger partial charge in [0.1, 0.15) is 5.82 Å². The third-order valence-electron chi connectivity index (χ3n) is 3.24. The molecule has 0 radical (unpaired) electrons. The van der Waals surface area contributed by atoms with E-state index in [2.05, 4.69) is 14.5 Å². The third kappa shape index (κ3) is 2.09. The molecule has 0 fully saturated rings. The zero-order chi connectivity index (χ0) is 12.5. The Labute approximate surface area is 104 Å². The number of phenols is 1. The van der Waals surface area contributed by atoms with Crippen molar-refractivity contribution in [3.8, 4) is 5.75 Å². The summed E-state index contributed by atoms with van der Waals surface area (Å²) in [6.45, 7) is 3.28. The second kappa shape index (κ2) is 4.42. The molecule has 2 heterocycles. The van der Waals surface area contributed by atoms with E-state index in [1.807, 2.05) is 6.20 Å². The summed E-state index contributed by atoms with van der Waals surface area (Å²) in [4.78, 5) is 6.50. The van der Waals surface area contributed by atoms with E-state index in [9.17, 15) is 4.39 Å². The molecule has 0 unspecified atom stereocenters. The molecule has 1 aromatic carbocycles. The Bertz CT molecular complexity index is 567. The summed E-state index contributed by atoms with van der Waals surface area (Å²) in [6, 6.07) is 4.53. The van der Waals surface area contributed by atoms with Gasteiger partial charge in [0.2, 0.25) is 0 Å². The molecule has 2 aromatic rings. The number of imidazole rings is 1. The number of aromatic nitrogens is 2. The Morgan fingerprint density at radius 3 is 3.06 bits per heavy atom. The monoisotopic (exact) mass is 247 g/mol. The Hall–Kier alpha value is -1.88. The molecule has 0 atom stereocenters. The van der Waals surface area contributed by atoms with Gasteiger partial charge in [0.25, 0.3) is 0 Å². The van der Waals surface area contributed by atoms with Gasteiger partial charge in [0, 0.05) is 32.0 Å². The fraction of sp³-hybridized carbons (Fsp3) is 0.308. The highest BCUT2D eigenvalue weighted by atomic mass is 19.1. The average molecular weight is 247 g/mol. The van der Waals surface area contributed by atoms with Crippen LogP contribution < -0.4 is 0 Å². The fourth-order valence-electron chi connectivity index (χ4n) is 2.27. The number of fused-ring (bicyclic) bond motifs is 1. The summed E-state index contributed by atoms with van der Waals surface area (Å²) in [5, 5.41) is 9.15. The van der Waals surface area contributed by atoms with Crippen LogP contribution in [0.4, 0.5) is 4.39 Å². The van der Waals surface area contributed by atoms with Crippen molar-refractivity contribution < 1.29 is 9.50 Å². The molecule has 1 N–H and O–H groups in total. The van der Waals surface area contributed by atoms with Crippen molar-refractivity contribution in [3.63, 3.8) is 0 Å². The highest BCUT2D eigenvalue weighted by Gasteiger charge is 2.16. The van der Waals surface area contributed by atoms with E-state index in [-0.39, 0.29) is 5.75 Å². The second-order valence-electron chi connectivity index (χ2n) is 4.53. The van der Waals surface area contributed by atoms with Crippen molar-refractivity contribution in [1.82, 2.24) is 14.5 Å². The van der Waals surface area contributed by atoms with Gasteiger partial charge in [0.15, 0.2) is 11.6 Å². The lowest BCUT2D eigenvalue weighted by molar-refractivity contribution is 0.208. The lowest BCUT2D eigenvalue weighted by Crippen LogP contribution is -2.33. The summed E-state index contributed by atoms with van der Waals surface area (Å²) in [5.41, 5.74) is 0.866. The van der Waals surface area contributed by atoms with E-state index in [4.69, 9.17) is 5.11 Å². The van der Waals surface area contributed by atoms with Gasteiger partial charge < -0.3 is 9.67 Å². The Balaban J connectivity index is 1.72. The molecule has 0 amide bonds. The van der Waals surface area contributed by atoms with E-state index in [1.54, 1.807) is 12.3 Å². The predicted octanol–water partition coefficient (Wildman–Crippen LogP) is 1.74. The highest BCUT2D eigenvalue weighted by molar-refractivity contribution is 5.28. The number of aromatic hydroxyl groups is 1. The van der Waals surface area contributed by atoms with Crippen LogP contribution in [0.1, 0.15) is 11.4 Å². The van der Waals surface area contributed by atoms with Gasteiger partial charge >= 0.3 is 0 Å². The molecule has 4 nitrogen and oxygen atoms in total. The Morgan fingerprint density at radius 2 is 2.22 bits per heavy atom. The van der Waals surface area contributed by atoms with Crippen LogP contribution >= 0.6 is 0 Å². The minimum atomic E-state index is -0.564. The summed E-state index contributed by atoms with van der Waals surface area (Å²) in [7, 11) is 0. The molecule has 1 aliphatic rings. The number of benzene rings is 1. The van der Waals surface area contributed by atoms with Crippen LogP contribution in [0.3, 0.4) is 0 Å². The SMILES string of the molecule is Oc1ccc(CN2CCn3ccnc3C2)cc1F. The van der Waals surface area contributed by atoms with E-state index >= 15 is 0 Å². The van der Waals surface area contributed by atoms with Crippen LogP contribution in [-0.4, -0.2) is 26.1 Å². The number of phenolic OH excluding ortho intramolecular Hbond substituents is 1. The minimum Gasteiger partial charge on any atom is -0.505 e. The molecule has 0 saturated heterocycles. The van der Waals surface area contributed by atoms with Gasteiger partial charge in [-0.2, -0.15) is 0 Å². The van der Waals surface area contributed by atoms with Gasteiger partial charge in [-0.25, -0.2) is 9.37 Å². The topological polar surface area (TPSA) is 41.3 Å². The number of hydrogen-bond acceptors (Lipinski definition) is 3. The molecule has 0 aliphatic carbocycles. The van der Waals surface area contributed by atoms with Crippen molar-refractivity contribution in [1.29, 1.82) is 0 Å². The van der Waals surface area contributed by atoms with Crippen molar-refractivity contribution in [3.05, 3.63) is 47.8 Å². The van der Waals surface area contributed by atoms with Crippen LogP contribution in [-0.2, 0) is 19.6 Å². The first kappa shape index (κ1) is 11.2. The average Bonchev–Trinajstić information content (AvgIpc) is 2.81. The van der Waals surface area contributed by atoms with Crippen molar-refractivity contribution in [2.24, 2.45) is 0 Å². The van der Waals surface area contributed by atoms with E-state index in [0.717, 1.165) is 31.0 Å². The maximum Gasteiger partial charge on any atom is 0.165 e. The zero-order valence-corrected chi connectivity index (χ0v) is 9.88. The first-order chi connectivity index (χ1) is 8.72. The van der Waals surface area contributed by atoms with Gasteiger partial charge in [-0.1, -0.05) is 6.07 Å². The highest BCUT2D eigenvalue weighted by Crippen LogP contribution is 2.19. The van der Waals surface area contributed by atoms with Crippen LogP contribution in [0.2, 0.25) is 0 Å². The first-order valence-corrected chi connectivity index (χ1v) is 5.92. The zero-order valence-electron chi connectivity index (χ0n) is 9.88. The smallest absolute Gasteiger partial charge is 0.165 e. The van der Waals surface area contributed by atoms with E-state index in [0.29, 0.717) is 6.54 Å². The van der Waals surface area contributed by atoms with Crippen molar-refractivity contribution in [2.45, 2.75) is 19.6 Å². The molecule has 0 spiro atoms. The molecule has 0 saturated carbocycles. The summed E-state index contributed by atoms with van der Waals surface area (Å²) in [6.07, 6.45) is 3.78. The van der Waals surface area contributed by atoms with Crippen LogP contribution in [0.5, 0.6) is 5.75 Å². The summed E-state index contributed by atoms with van der Waals surface area (Å²) in [5.74, 6) is 0.180. The van der Waals surface area contributed by atoms with E-state index < -0.39 is 5.82 Å². The van der Waals surface area contributed by atoms with Gasteiger partial charge in [-0.05, 0) is 17.7 Å². The Morgan fingerprint density at radius 1 is 1.33 bits per heavy atom. The molecular weight excluding hydrogens is 233 g/mol. The predicted molar refractivity (Wildman–Crippen MR) is 64.4 cm³/mol. The van der Waals surface area contributed by atoms with Crippen LogP contribution in [0.25, 0.3) is 0 Å². The van der Waals surface area contributed by atoms with Crippen molar-refractivity contribution >= 4 is 0 Å². The molecule has 0 bridgehead atoms.